The van der Waals surface area contributed by atoms with E-state index in [1.165, 1.54) is 0 Å². The van der Waals surface area contributed by atoms with Gasteiger partial charge in [-0.15, -0.1) is 0 Å². The molecular formula is C8H11NO5. The summed E-state index contributed by atoms with van der Waals surface area (Å²) in [6, 6.07) is 0. The van der Waals surface area contributed by atoms with Gasteiger partial charge in [-0.1, -0.05) is 5.16 Å². The monoisotopic (exact) mass is 201 g/mol. The molecule has 0 aromatic carbocycles. The van der Waals surface area contributed by atoms with E-state index in [9.17, 15) is 9.59 Å². The minimum atomic E-state index is -1.19. The second kappa shape index (κ2) is 3.65. The number of hydrogen-bond donors (Lipinski definition) is 2. The van der Waals surface area contributed by atoms with Crippen LogP contribution in [0.2, 0.25) is 0 Å². The summed E-state index contributed by atoms with van der Waals surface area (Å²) in [7, 11) is 0. The molecule has 78 valence electrons. The van der Waals surface area contributed by atoms with Gasteiger partial charge in [0.2, 0.25) is 0 Å². The van der Waals surface area contributed by atoms with Crippen LogP contribution in [0, 0.1) is 0 Å². The lowest BCUT2D eigenvalue weighted by Gasteiger charge is -2.22. The van der Waals surface area contributed by atoms with Crippen LogP contribution >= 0.6 is 0 Å². The number of rotatable bonds is 4. The zero-order chi connectivity index (χ0) is 10.8. The molecule has 14 heavy (non-hydrogen) atoms. The van der Waals surface area contributed by atoms with Crippen LogP contribution in [0.25, 0.3) is 0 Å². The van der Waals surface area contributed by atoms with E-state index in [0.29, 0.717) is 5.71 Å². The maximum atomic E-state index is 10.5. The van der Waals surface area contributed by atoms with E-state index in [4.69, 9.17) is 15.1 Å². The highest BCUT2D eigenvalue weighted by Crippen LogP contribution is 2.31. The van der Waals surface area contributed by atoms with Crippen LogP contribution in [0.5, 0.6) is 0 Å². The summed E-state index contributed by atoms with van der Waals surface area (Å²) in [5, 5.41) is 20.8. The van der Waals surface area contributed by atoms with E-state index in [1.54, 1.807) is 6.92 Å². The molecule has 0 bridgehead atoms. The summed E-state index contributed by atoms with van der Waals surface area (Å²) in [6.07, 6.45) is -0.439. The third-order valence-corrected chi connectivity index (χ3v) is 1.92. The smallest absolute Gasteiger partial charge is 0.307 e. The predicted octanol–water partition coefficient (Wildman–Crippen LogP) is 0.471. The molecule has 0 aromatic rings. The Morgan fingerprint density at radius 1 is 1.43 bits per heavy atom. The van der Waals surface area contributed by atoms with Gasteiger partial charge in [0.1, 0.15) is 0 Å². The SMILES string of the molecule is CC1=NOC(CC(=O)O)(CC(=O)O)C1. The van der Waals surface area contributed by atoms with Crippen LogP contribution < -0.4 is 0 Å². The van der Waals surface area contributed by atoms with Crippen molar-refractivity contribution in [3.8, 4) is 0 Å². The van der Waals surface area contributed by atoms with Crippen LogP contribution in [0.15, 0.2) is 5.16 Å². The normalized spacial score (nSPS) is 18.5. The highest BCUT2D eigenvalue weighted by Gasteiger charge is 2.42. The molecule has 0 atom stereocenters. The number of oxime groups is 1. The van der Waals surface area contributed by atoms with Gasteiger partial charge >= 0.3 is 11.9 Å². The van der Waals surface area contributed by atoms with E-state index in [0.717, 1.165) is 0 Å². The topological polar surface area (TPSA) is 96.2 Å². The van der Waals surface area contributed by atoms with Crippen LogP contribution in [0.4, 0.5) is 0 Å². The van der Waals surface area contributed by atoms with Crippen molar-refractivity contribution >= 4 is 17.7 Å². The van der Waals surface area contributed by atoms with Crippen LogP contribution in [-0.4, -0.2) is 33.5 Å². The second-order valence-electron chi connectivity index (χ2n) is 3.42. The van der Waals surface area contributed by atoms with Gasteiger partial charge in [0, 0.05) is 6.42 Å². The highest BCUT2D eigenvalue weighted by molar-refractivity contribution is 5.86. The fraction of sp³-hybridized carbons (Fsp3) is 0.625. The van der Waals surface area contributed by atoms with Gasteiger partial charge in [0.15, 0.2) is 5.60 Å². The molecule has 1 aliphatic heterocycles. The zero-order valence-electron chi connectivity index (χ0n) is 7.69. The van der Waals surface area contributed by atoms with Crippen molar-refractivity contribution < 1.29 is 24.6 Å². The molecule has 1 rings (SSSR count). The largest absolute Gasteiger partial charge is 0.481 e. The summed E-state index contributed by atoms with van der Waals surface area (Å²) in [6.45, 7) is 1.67. The van der Waals surface area contributed by atoms with Gasteiger partial charge in [0.25, 0.3) is 0 Å². The summed E-state index contributed by atoms with van der Waals surface area (Å²) in [5.74, 6) is -2.17. The van der Waals surface area contributed by atoms with Gasteiger partial charge in [-0.05, 0) is 6.92 Å². The maximum Gasteiger partial charge on any atom is 0.307 e. The standard InChI is InChI=1S/C8H11NO5/c1-5-2-8(14-9-5,3-6(10)11)4-7(12)13/h2-4H2,1H3,(H,10,11)(H,12,13). The molecule has 0 fully saturated rings. The second-order valence-corrected chi connectivity index (χ2v) is 3.42. The molecule has 2 N–H and O–H groups in total. The molecule has 0 saturated heterocycles. The number of carboxylic acid groups (broad SMARTS) is 2. The van der Waals surface area contributed by atoms with Crippen molar-refractivity contribution in [3.05, 3.63) is 0 Å². The molecule has 0 aromatic heterocycles. The minimum Gasteiger partial charge on any atom is -0.481 e. The molecule has 0 amide bonds. The average Bonchev–Trinajstić information content (AvgIpc) is 2.28. The molecule has 0 unspecified atom stereocenters. The Balaban J connectivity index is 2.72. The van der Waals surface area contributed by atoms with E-state index in [1.807, 2.05) is 0 Å². The number of carboxylic acids is 2. The average molecular weight is 201 g/mol. The minimum absolute atomic E-state index is 0.256. The van der Waals surface area contributed by atoms with E-state index in [-0.39, 0.29) is 19.3 Å². The lowest BCUT2D eigenvalue weighted by atomic mass is 9.90. The van der Waals surface area contributed by atoms with Crippen molar-refractivity contribution in [1.29, 1.82) is 0 Å². The Morgan fingerprint density at radius 3 is 2.21 bits per heavy atom. The van der Waals surface area contributed by atoms with Gasteiger partial charge in [0.05, 0.1) is 18.6 Å². The lowest BCUT2D eigenvalue weighted by molar-refractivity contribution is -0.151. The van der Waals surface area contributed by atoms with E-state index < -0.39 is 17.5 Å². The van der Waals surface area contributed by atoms with E-state index in [2.05, 4.69) is 5.16 Å². The number of hydrogen-bond acceptors (Lipinski definition) is 4. The third kappa shape index (κ3) is 2.45. The first kappa shape index (κ1) is 10.5. The lowest BCUT2D eigenvalue weighted by Crippen LogP contribution is -2.34. The third-order valence-electron chi connectivity index (χ3n) is 1.92. The first-order valence-corrected chi connectivity index (χ1v) is 4.09. The molecule has 0 spiro atoms. The summed E-state index contributed by atoms with van der Waals surface area (Å²) in [4.78, 5) is 26.0. The number of nitrogens with zero attached hydrogens (tertiary/aromatic N) is 1. The Bertz CT molecular complexity index is 280. The fourth-order valence-corrected chi connectivity index (χ4v) is 1.51. The quantitative estimate of drug-likeness (QED) is 0.689. The van der Waals surface area contributed by atoms with Crippen molar-refractivity contribution in [1.82, 2.24) is 0 Å². The molecular weight excluding hydrogens is 190 g/mol. The molecule has 0 saturated carbocycles. The van der Waals surface area contributed by atoms with Crippen molar-refractivity contribution in [3.63, 3.8) is 0 Å². The summed E-state index contributed by atoms with van der Waals surface area (Å²) < 4.78 is 0. The summed E-state index contributed by atoms with van der Waals surface area (Å²) in [5.41, 5.74) is -0.575. The Labute approximate surface area is 80.2 Å². The van der Waals surface area contributed by atoms with Crippen LogP contribution in [0.1, 0.15) is 26.2 Å². The fourth-order valence-electron chi connectivity index (χ4n) is 1.51. The Kier molecular flexibility index (Phi) is 2.73. The molecule has 0 radical (unpaired) electrons. The Hall–Kier alpha value is -1.59. The number of aliphatic carboxylic acids is 2. The maximum absolute atomic E-state index is 10.5. The predicted molar refractivity (Wildman–Crippen MR) is 46.0 cm³/mol. The Morgan fingerprint density at radius 2 is 1.93 bits per heavy atom. The highest BCUT2D eigenvalue weighted by atomic mass is 16.7. The number of carbonyl (C=O) groups is 2. The van der Waals surface area contributed by atoms with Crippen molar-refractivity contribution in [2.45, 2.75) is 31.8 Å². The molecule has 1 heterocycles. The van der Waals surface area contributed by atoms with Gasteiger partial charge < -0.3 is 15.1 Å². The van der Waals surface area contributed by atoms with Crippen molar-refractivity contribution in [2.24, 2.45) is 5.16 Å². The van der Waals surface area contributed by atoms with Crippen LogP contribution in [-0.2, 0) is 14.4 Å². The molecule has 6 heteroatoms. The van der Waals surface area contributed by atoms with Gasteiger partial charge in [-0.3, -0.25) is 9.59 Å². The van der Waals surface area contributed by atoms with Crippen molar-refractivity contribution in [2.75, 3.05) is 0 Å². The summed E-state index contributed by atoms with van der Waals surface area (Å²) >= 11 is 0. The van der Waals surface area contributed by atoms with Crippen LogP contribution in [0.3, 0.4) is 0 Å². The van der Waals surface area contributed by atoms with Gasteiger partial charge in [-0.2, -0.15) is 0 Å². The molecule has 1 aliphatic rings. The first-order chi connectivity index (χ1) is 6.43. The van der Waals surface area contributed by atoms with Gasteiger partial charge in [-0.25, -0.2) is 0 Å². The first-order valence-electron chi connectivity index (χ1n) is 4.09. The molecule has 0 aliphatic carbocycles. The van der Waals surface area contributed by atoms with E-state index >= 15 is 0 Å². The molecule has 6 nitrogen and oxygen atoms in total. The zero-order valence-corrected chi connectivity index (χ0v) is 7.69.